The van der Waals surface area contributed by atoms with Crippen LogP contribution in [0.15, 0.2) is 4.79 Å². The van der Waals surface area contributed by atoms with Gasteiger partial charge in [0.05, 0.1) is 6.42 Å². The van der Waals surface area contributed by atoms with Crippen molar-refractivity contribution in [3.63, 3.8) is 0 Å². The van der Waals surface area contributed by atoms with Crippen LogP contribution < -0.4 is 5.69 Å². The van der Waals surface area contributed by atoms with Crippen molar-refractivity contribution in [2.24, 2.45) is 0 Å². The van der Waals surface area contributed by atoms with Crippen molar-refractivity contribution in [3.8, 4) is 0 Å². The molecule has 1 aromatic heterocycles. The van der Waals surface area contributed by atoms with Gasteiger partial charge in [0.2, 0.25) is 0 Å². The molecule has 0 aromatic carbocycles. The lowest BCUT2D eigenvalue weighted by Gasteiger charge is -2.18. The van der Waals surface area contributed by atoms with E-state index in [0.717, 1.165) is 18.5 Å². The molecule has 1 aliphatic rings. The van der Waals surface area contributed by atoms with Crippen LogP contribution in [0.5, 0.6) is 0 Å². The number of carbonyl (C=O) groups is 1. The summed E-state index contributed by atoms with van der Waals surface area (Å²) in [6.45, 7) is 4.13. The van der Waals surface area contributed by atoms with Gasteiger partial charge in [-0.15, -0.1) is 0 Å². The average Bonchev–Trinajstić information content (AvgIpc) is 3.10. The summed E-state index contributed by atoms with van der Waals surface area (Å²) in [5.41, 5.74) is 1.64. The van der Waals surface area contributed by atoms with Gasteiger partial charge in [-0.2, -0.15) is 16.7 Å². The summed E-state index contributed by atoms with van der Waals surface area (Å²) in [4.78, 5) is 26.9. The molecular weight excluding hydrogens is 264 g/mol. The Kier molecular flexibility index (Phi) is 3.71. The minimum atomic E-state index is -0.899. The molecule has 0 saturated heterocycles. The molecule has 1 heterocycles. The van der Waals surface area contributed by atoms with Gasteiger partial charge < -0.3 is 5.11 Å². The molecule has 0 spiro atoms. The van der Waals surface area contributed by atoms with Crippen LogP contribution in [0.2, 0.25) is 0 Å². The van der Waals surface area contributed by atoms with E-state index in [0.29, 0.717) is 17.8 Å². The zero-order chi connectivity index (χ0) is 14.2. The van der Waals surface area contributed by atoms with E-state index in [2.05, 4.69) is 4.98 Å². The highest BCUT2D eigenvalue weighted by atomic mass is 32.2. The second kappa shape index (κ2) is 5.00. The Morgan fingerprint density at radius 3 is 2.58 bits per heavy atom. The van der Waals surface area contributed by atoms with Gasteiger partial charge in [-0.1, -0.05) is 0 Å². The summed E-state index contributed by atoms with van der Waals surface area (Å²) in [5, 5.41) is 8.95. The van der Waals surface area contributed by atoms with Gasteiger partial charge in [0, 0.05) is 28.2 Å². The molecule has 0 radical (unpaired) electrons. The lowest BCUT2D eigenvalue weighted by Crippen LogP contribution is -2.32. The third-order valence-corrected chi connectivity index (χ3v) is 5.19. The Morgan fingerprint density at radius 1 is 1.47 bits per heavy atom. The predicted octanol–water partition coefficient (Wildman–Crippen LogP) is 1.38. The zero-order valence-corrected chi connectivity index (χ0v) is 12.2. The number of hydrogen-bond acceptors (Lipinski definition) is 4. The normalized spacial score (nSPS) is 16.4. The standard InChI is InChI=1S/C13H18N2O3S/c1-8-10(6-11(16)17)9(2)15(12(18)14-8)7-13(19-3)4-5-13/h4-7H2,1-3H3,(H,16,17). The Labute approximate surface area is 116 Å². The molecule has 5 nitrogen and oxygen atoms in total. The number of aromatic nitrogens is 2. The van der Waals surface area contributed by atoms with Crippen molar-refractivity contribution in [2.75, 3.05) is 6.26 Å². The Bertz CT molecular complexity index is 576. The van der Waals surface area contributed by atoms with Gasteiger partial charge in [-0.25, -0.2) is 4.79 Å². The maximum atomic E-state index is 12.0. The van der Waals surface area contributed by atoms with E-state index < -0.39 is 5.97 Å². The Balaban J connectivity index is 2.43. The number of aryl methyl sites for hydroxylation is 1. The first kappa shape index (κ1) is 14.1. The number of aliphatic carboxylic acids is 1. The second-order valence-corrected chi connectivity index (χ2v) is 6.36. The van der Waals surface area contributed by atoms with E-state index in [4.69, 9.17) is 5.11 Å². The molecule has 0 unspecified atom stereocenters. The fraction of sp³-hybridized carbons (Fsp3) is 0.615. The van der Waals surface area contributed by atoms with Crippen molar-refractivity contribution in [2.45, 2.75) is 44.4 Å². The molecule has 1 fully saturated rings. The summed E-state index contributed by atoms with van der Waals surface area (Å²) >= 11 is 1.77. The lowest BCUT2D eigenvalue weighted by molar-refractivity contribution is -0.136. The largest absolute Gasteiger partial charge is 0.481 e. The average molecular weight is 282 g/mol. The fourth-order valence-corrected chi connectivity index (χ4v) is 3.06. The SMILES string of the molecule is CSC1(Cn2c(C)c(CC(=O)O)c(C)nc2=O)CC1. The van der Waals surface area contributed by atoms with E-state index >= 15 is 0 Å². The highest BCUT2D eigenvalue weighted by Gasteiger charge is 2.42. The zero-order valence-electron chi connectivity index (χ0n) is 11.4. The molecule has 1 aliphatic carbocycles. The molecule has 0 amide bonds. The first-order valence-electron chi connectivity index (χ1n) is 6.22. The van der Waals surface area contributed by atoms with Crippen LogP contribution in [0, 0.1) is 13.8 Å². The van der Waals surface area contributed by atoms with Crippen LogP contribution in [0.25, 0.3) is 0 Å². The number of carboxylic acids is 1. The molecule has 0 atom stereocenters. The maximum absolute atomic E-state index is 12.0. The maximum Gasteiger partial charge on any atom is 0.348 e. The van der Waals surface area contributed by atoms with E-state index in [1.807, 2.05) is 13.2 Å². The summed E-state index contributed by atoms with van der Waals surface area (Å²) in [7, 11) is 0. The van der Waals surface area contributed by atoms with E-state index in [1.165, 1.54) is 0 Å². The van der Waals surface area contributed by atoms with E-state index in [1.54, 1.807) is 23.3 Å². The van der Waals surface area contributed by atoms with Crippen LogP contribution in [-0.4, -0.2) is 31.6 Å². The van der Waals surface area contributed by atoms with Gasteiger partial charge in [0.1, 0.15) is 0 Å². The van der Waals surface area contributed by atoms with Crippen LogP contribution >= 0.6 is 11.8 Å². The third-order valence-electron chi connectivity index (χ3n) is 3.79. The topological polar surface area (TPSA) is 72.2 Å². The van der Waals surface area contributed by atoms with Gasteiger partial charge >= 0.3 is 11.7 Å². The highest BCUT2D eigenvalue weighted by Crippen LogP contribution is 2.48. The smallest absolute Gasteiger partial charge is 0.348 e. The molecule has 1 N–H and O–H groups in total. The minimum absolute atomic E-state index is 0.0861. The minimum Gasteiger partial charge on any atom is -0.481 e. The van der Waals surface area contributed by atoms with Crippen LogP contribution in [0.1, 0.15) is 29.8 Å². The summed E-state index contributed by atoms with van der Waals surface area (Å²) < 4.78 is 1.78. The molecule has 2 rings (SSSR count). The number of carboxylic acid groups (broad SMARTS) is 1. The first-order valence-corrected chi connectivity index (χ1v) is 7.45. The Morgan fingerprint density at radius 2 is 2.11 bits per heavy atom. The molecular formula is C13H18N2O3S. The number of nitrogens with zero attached hydrogens (tertiary/aromatic N) is 2. The van der Waals surface area contributed by atoms with Crippen molar-refractivity contribution >= 4 is 17.7 Å². The molecule has 1 aromatic rings. The highest BCUT2D eigenvalue weighted by molar-refractivity contribution is 8.00. The molecule has 1 saturated carbocycles. The number of hydrogen-bond donors (Lipinski definition) is 1. The summed E-state index contributed by atoms with van der Waals surface area (Å²) in [5.74, 6) is -0.899. The van der Waals surface area contributed by atoms with Crippen molar-refractivity contribution in [1.82, 2.24) is 9.55 Å². The Hall–Kier alpha value is -1.30. The summed E-state index contributed by atoms with van der Waals surface area (Å²) in [6.07, 6.45) is 4.16. The quantitative estimate of drug-likeness (QED) is 0.883. The van der Waals surface area contributed by atoms with Crippen LogP contribution in [0.3, 0.4) is 0 Å². The van der Waals surface area contributed by atoms with Gasteiger partial charge in [-0.05, 0) is 32.9 Å². The predicted molar refractivity (Wildman–Crippen MR) is 74.8 cm³/mol. The van der Waals surface area contributed by atoms with Crippen LogP contribution in [-0.2, 0) is 17.8 Å². The van der Waals surface area contributed by atoms with Crippen molar-refractivity contribution in [3.05, 3.63) is 27.4 Å². The van der Waals surface area contributed by atoms with Crippen molar-refractivity contribution < 1.29 is 9.90 Å². The third kappa shape index (κ3) is 2.83. The van der Waals surface area contributed by atoms with Gasteiger partial charge in [0.25, 0.3) is 0 Å². The second-order valence-electron chi connectivity index (χ2n) is 5.09. The van der Waals surface area contributed by atoms with Gasteiger partial charge in [0.15, 0.2) is 0 Å². The van der Waals surface area contributed by atoms with Crippen LogP contribution in [0.4, 0.5) is 0 Å². The van der Waals surface area contributed by atoms with Crippen molar-refractivity contribution in [1.29, 1.82) is 0 Å². The molecule has 0 bridgehead atoms. The fourth-order valence-electron chi connectivity index (χ4n) is 2.29. The van der Waals surface area contributed by atoms with Gasteiger partial charge in [-0.3, -0.25) is 9.36 Å². The van der Waals surface area contributed by atoms with E-state index in [9.17, 15) is 9.59 Å². The molecule has 19 heavy (non-hydrogen) atoms. The molecule has 0 aliphatic heterocycles. The number of thioether (sulfide) groups is 1. The lowest BCUT2D eigenvalue weighted by atomic mass is 10.1. The number of rotatable bonds is 5. The molecule has 104 valence electrons. The first-order chi connectivity index (χ1) is 8.88. The molecule has 6 heteroatoms. The van der Waals surface area contributed by atoms with E-state index in [-0.39, 0.29) is 16.9 Å². The monoisotopic (exact) mass is 282 g/mol. The summed E-state index contributed by atoms with van der Waals surface area (Å²) in [6, 6.07) is 0.